The summed E-state index contributed by atoms with van der Waals surface area (Å²) in [6, 6.07) is 8.25. The molecule has 0 aliphatic rings. The number of tetrazole rings is 1. The summed E-state index contributed by atoms with van der Waals surface area (Å²) < 4.78 is 6.65. The van der Waals surface area contributed by atoms with Crippen LogP contribution in [-0.4, -0.2) is 43.4 Å². The molecule has 0 aliphatic heterocycles. The predicted molar refractivity (Wildman–Crippen MR) is 75.9 cm³/mol. The van der Waals surface area contributed by atoms with Crippen LogP contribution in [0.2, 0.25) is 0 Å². The van der Waals surface area contributed by atoms with Crippen LogP contribution in [0.1, 0.15) is 10.4 Å². The van der Waals surface area contributed by atoms with Crippen molar-refractivity contribution in [3.05, 3.63) is 48.4 Å². The third kappa shape index (κ3) is 2.49. The highest BCUT2D eigenvalue weighted by molar-refractivity contribution is 5.90. The van der Waals surface area contributed by atoms with Gasteiger partial charge in [-0.05, 0) is 40.8 Å². The molecule has 0 amide bonds. The Hall–Kier alpha value is -3.29. The number of nitrogens with zero attached hydrogens (tertiary/aromatic N) is 5. The van der Waals surface area contributed by atoms with Crippen LogP contribution in [0.25, 0.3) is 16.9 Å². The lowest BCUT2D eigenvalue weighted by Gasteiger charge is -2.10. The van der Waals surface area contributed by atoms with Crippen LogP contribution in [-0.2, 0) is 0 Å². The molecule has 0 atom stereocenters. The normalized spacial score (nSPS) is 10.4. The number of benzene rings is 1. The molecule has 0 unspecified atom stereocenters. The number of carboxylic acid groups (broad SMARTS) is 1. The van der Waals surface area contributed by atoms with E-state index in [0.29, 0.717) is 22.7 Å². The van der Waals surface area contributed by atoms with Crippen LogP contribution >= 0.6 is 0 Å². The second kappa shape index (κ2) is 5.60. The summed E-state index contributed by atoms with van der Waals surface area (Å²) in [6.07, 6.45) is 3.00. The van der Waals surface area contributed by atoms with Gasteiger partial charge < -0.3 is 9.84 Å². The number of hydrogen-bond donors (Lipinski definition) is 1. The molecule has 0 bridgehead atoms. The van der Waals surface area contributed by atoms with Crippen molar-refractivity contribution < 1.29 is 14.6 Å². The van der Waals surface area contributed by atoms with Gasteiger partial charge in [-0.1, -0.05) is 0 Å². The van der Waals surface area contributed by atoms with Crippen LogP contribution in [0.15, 0.2) is 42.9 Å². The Morgan fingerprint density at radius 3 is 2.86 bits per heavy atom. The number of carboxylic acids is 1. The van der Waals surface area contributed by atoms with Crippen LogP contribution in [0.4, 0.5) is 0 Å². The lowest BCUT2D eigenvalue weighted by Crippen LogP contribution is -2.02. The fourth-order valence-corrected chi connectivity index (χ4v) is 2.06. The zero-order chi connectivity index (χ0) is 15.5. The van der Waals surface area contributed by atoms with Gasteiger partial charge in [0.25, 0.3) is 0 Å². The molecule has 3 aromatic rings. The minimum atomic E-state index is -1.05. The minimum Gasteiger partial charge on any atom is -0.494 e. The van der Waals surface area contributed by atoms with Gasteiger partial charge in [0.15, 0.2) is 0 Å². The second-order valence-electron chi connectivity index (χ2n) is 4.38. The minimum absolute atomic E-state index is 0.107. The summed E-state index contributed by atoms with van der Waals surface area (Å²) in [5, 5.41) is 20.2. The third-order valence-electron chi connectivity index (χ3n) is 3.04. The molecule has 3 rings (SSSR count). The molecule has 1 aromatic carbocycles. The summed E-state index contributed by atoms with van der Waals surface area (Å²) in [5.41, 5.74) is 1.77. The van der Waals surface area contributed by atoms with E-state index in [1.807, 2.05) is 0 Å². The number of rotatable bonds is 4. The van der Waals surface area contributed by atoms with E-state index in [0.717, 1.165) is 0 Å². The van der Waals surface area contributed by atoms with Crippen molar-refractivity contribution in [1.82, 2.24) is 25.2 Å². The van der Waals surface area contributed by atoms with E-state index in [1.54, 1.807) is 24.4 Å². The van der Waals surface area contributed by atoms with Gasteiger partial charge in [-0.2, -0.15) is 0 Å². The van der Waals surface area contributed by atoms with Gasteiger partial charge >= 0.3 is 5.97 Å². The Labute approximate surface area is 125 Å². The maximum Gasteiger partial charge on any atom is 0.335 e. The molecule has 22 heavy (non-hydrogen) atoms. The summed E-state index contributed by atoms with van der Waals surface area (Å²) in [5.74, 6) is -0.501. The van der Waals surface area contributed by atoms with Crippen molar-refractivity contribution in [1.29, 1.82) is 0 Å². The van der Waals surface area contributed by atoms with Gasteiger partial charge in [-0.15, -0.1) is 5.10 Å². The molecule has 8 nitrogen and oxygen atoms in total. The molecule has 2 aromatic heterocycles. The Bertz CT molecular complexity index is 817. The van der Waals surface area contributed by atoms with Gasteiger partial charge in [0.1, 0.15) is 17.8 Å². The summed E-state index contributed by atoms with van der Waals surface area (Å²) in [7, 11) is 1.53. The zero-order valence-electron chi connectivity index (χ0n) is 11.5. The van der Waals surface area contributed by atoms with Crippen LogP contribution in [0, 0.1) is 0 Å². The molecule has 2 heterocycles. The topological polar surface area (TPSA) is 103 Å². The number of methoxy groups -OCH3 is 1. The Morgan fingerprint density at radius 2 is 2.18 bits per heavy atom. The Kier molecular flexibility index (Phi) is 3.48. The molecule has 0 saturated heterocycles. The monoisotopic (exact) mass is 297 g/mol. The van der Waals surface area contributed by atoms with Crippen molar-refractivity contribution >= 4 is 5.97 Å². The molecular weight excluding hydrogens is 286 g/mol. The molecule has 0 radical (unpaired) electrons. The first-order valence-electron chi connectivity index (χ1n) is 6.30. The van der Waals surface area contributed by atoms with Crippen molar-refractivity contribution in [2.24, 2.45) is 0 Å². The lowest BCUT2D eigenvalue weighted by atomic mass is 10.1. The lowest BCUT2D eigenvalue weighted by molar-refractivity contribution is 0.0697. The molecule has 0 spiro atoms. The van der Waals surface area contributed by atoms with E-state index in [1.165, 1.54) is 30.3 Å². The number of carbonyl (C=O) groups is 1. The van der Waals surface area contributed by atoms with Crippen molar-refractivity contribution in [2.75, 3.05) is 7.11 Å². The Morgan fingerprint density at radius 1 is 1.32 bits per heavy atom. The maximum atomic E-state index is 11.3. The quantitative estimate of drug-likeness (QED) is 0.776. The Balaban J connectivity index is 2.21. The SMILES string of the molecule is COc1cccnc1-c1cc(C(=O)O)cc(-n2cnnn2)c1. The average molecular weight is 297 g/mol. The molecule has 1 N–H and O–H groups in total. The molecule has 0 aliphatic carbocycles. The second-order valence-corrected chi connectivity index (χ2v) is 4.38. The van der Waals surface area contributed by atoms with Crippen molar-refractivity contribution in [3.8, 4) is 22.7 Å². The fourth-order valence-electron chi connectivity index (χ4n) is 2.06. The first-order valence-corrected chi connectivity index (χ1v) is 6.30. The first kappa shape index (κ1) is 13.7. The summed E-state index contributed by atoms with van der Waals surface area (Å²) in [4.78, 5) is 15.6. The average Bonchev–Trinajstić information content (AvgIpc) is 3.09. The molecule has 0 fully saturated rings. The first-order chi connectivity index (χ1) is 10.7. The standard InChI is InChI=1S/C14H11N5O3/c1-22-12-3-2-4-15-13(12)9-5-10(14(20)21)7-11(6-9)19-8-16-17-18-19/h2-8H,1H3,(H,20,21). The summed E-state index contributed by atoms with van der Waals surface area (Å²) >= 11 is 0. The van der Waals surface area contributed by atoms with Crippen molar-refractivity contribution in [2.45, 2.75) is 0 Å². The highest BCUT2D eigenvalue weighted by Crippen LogP contribution is 2.29. The maximum absolute atomic E-state index is 11.3. The molecule has 110 valence electrons. The van der Waals surface area contributed by atoms with Crippen molar-refractivity contribution in [3.63, 3.8) is 0 Å². The molecule has 8 heteroatoms. The van der Waals surface area contributed by atoms with Crippen LogP contribution in [0.5, 0.6) is 5.75 Å². The zero-order valence-corrected chi connectivity index (χ0v) is 11.5. The van der Waals surface area contributed by atoms with E-state index in [2.05, 4.69) is 20.5 Å². The van der Waals surface area contributed by atoms with Gasteiger partial charge in [0.2, 0.25) is 0 Å². The number of hydrogen-bond acceptors (Lipinski definition) is 6. The van der Waals surface area contributed by atoms with Crippen LogP contribution < -0.4 is 4.74 Å². The summed E-state index contributed by atoms with van der Waals surface area (Å²) in [6.45, 7) is 0. The van der Waals surface area contributed by atoms with E-state index in [4.69, 9.17) is 4.74 Å². The van der Waals surface area contributed by atoms with Gasteiger partial charge in [0.05, 0.1) is 18.4 Å². The highest BCUT2D eigenvalue weighted by atomic mass is 16.5. The van der Waals surface area contributed by atoms with E-state index >= 15 is 0 Å². The van der Waals surface area contributed by atoms with E-state index in [-0.39, 0.29) is 5.56 Å². The molecular formula is C14H11N5O3. The van der Waals surface area contributed by atoms with Gasteiger partial charge in [0, 0.05) is 11.8 Å². The predicted octanol–water partition coefficient (Wildman–Crippen LogP) is 1.43. The number of aromatic nitrogens is 5. The highest BCUT2D eigenvalue weighted by Gasteiger charge is 2.13. The third-order valence-corrected chi connectivity index (χ3v) is 3.04. The smallest absolute Gasteiger partial charge is 0.335 e. The molecule has 0 saturated carbocycles. The van der Waals surface area contributed by atoms with E-state index in [9.17, 15) is 9.90 Å². The number of ether oxygens (including phenoxy) is 1. The van der Waals surface area contributed by atoms with Gasteiger partial charge in [-0.25, -0.2) is 9.48 Å². The van der Waals surface area contributed by atoms with E-state index < -0.39 is 5.97 Å². The number of aromatic carboxylic acids is 1. The largest absolute Gasteiger partial charge is 0.494 e. The van der Waals surface area contributed by atoms with Gasteiger partial charge in [-0.3, -0.25) is 4.98 Å². The fraction of sp³-hybridized carbons (Fsp3) is 0.0714. The van der Waals surface area contributed by atoms with Crippen LogP contribution in [0.3, 0.4) is 0 Å². The number of pyridine rings is 1.